The normalized spacial score (nSPS) is 15.1. The Balaban J connectivity index is 1.45. The maximum atomic E-state index is 12.1. The number of amides is 1. The smallest absolute Gasteiger partial charge is 0.234 e. The van der Waals surface area contributed by atoms with Crippen LogP contribution >= 0.6 is 23.1 Å². The van der Waals surface area contributed by atoms with Crippen molar-refractivity contribution in [2.45, 2.75) is 11.3 Å². The predicted molar refractivity (Wildman–Crippen MR) is 107 cm³/mol. The van der Waals surface area contributed by atoms with Crippen LogP contribution in [-0.4, -0.2) is 66.6 Å². The Morgan fingerprint density at radius 2 is 1.96 bits per heavy atom. The molecule has 3 rings (SSSR count). The molecule has 1 amide bonds. The second kappa shape index (κ2) is 9.20. The summed E-state index contributed by atoms with van der Waals surface area (Å²) in [4.78, 5) is 16.7. The fraction of sp³-hybridized carbons (Fsp3) is 0.471. The van der Waals surface area contributed by atoms with Gasteiger partial charge in [-0.05, 0) is 38.2 Å². The summed E-state index contributed by atoms with van der Waals surface area (Å²) in [6.45, 7) is 6.57. The van der Waals surface area contributed by atoms with Crippen molar-refractivity contribution >= 4 is 39.8 Å². The van der Waals surface area contributed by atoms with Gasteiger partial charge in [0.05, 0.1) is 12.4 Å². The van der Waals surface area contributed by atoms with Crippen molar-refractivity contribution in [3.05, 3.63) is 24.3 Å². The maximum absolute atomic E-state index is 12.1. The van der Waals surface area contributed by atoms with Crippen LogP contribution in [0.1, 0.15) is 6.92 Å². The number of likely N-dealkylation sites (N-methyl/N-ethyl adjacent to an activating group) is 1. The monoisotopic (exact) mass is 393 g/mol. The standard InChI is InChI=1S/C17H23N5O2S2/c1-3-24-14-6-4-13(5-7-14)18-15(23)12-25-17-20-19-16(26-17)22-10-8-21(2)9-11-22/h4-7H,3,8-12H2,1-2H3,(H,18,23). The number of thioether (sulfide) groups is 1. The van der Waals surface area contributed by atoms with Crippen molar-refractivity contribution in [2.75, 3.05) is 55.8 Å². The molecule has 0 saturated carbocycles. The number of carbonyl (C=O) groups is 1. The molecule has 2 heterocycles. The number of rotatable bonds is 7. The van der Waals surface area contributed by atoms with Gasteiger partial charge >= 0.3 is 0 Å². The lowest BCUT2D eigenvalue weighted by atomic mass is 10.3. The van der Waals surface area contributed by atoms with E-state index >= 15 is 0 Å². The molecular weight excluding hydrogens is 370 g/mol. The molecule has 0 spiro atoms. The average molecular weight is 394 g/mol. The molecule has 0 radical (unpaired) electrons. The number of piperazine rings is 1. The number of benzene rings is 1. The van der Waals surface area contributed by atoms with Crippen molar-refractivity contribution in [3.8, 4) is 5.75 Å². The average Bonchev–Trinajstić information content (AvgIpc) is 3.11. The lowest BCUT2D eigenvalue weighted by Gasteiger charge is -2.31. The Kier molecular flexibility index (Phi) is 6.70. The first-order valence-electron chi connectivity index (χ1n) is 8.56. The molecule has 2 aromatic rings. The zero-order valence-corrected chi connectivity index (χ0v) is 16.6. The lowest BCUT2D eigenvalue weighted by molar-refractivity contribution is -0.113. The maximum Gasteiger partial charge on any atom is 0.234 e. The fourth-order valence-electron chi connectivity index (χ4n) is 2.51. The van der Waals surface area contributed by atoms with E-state index in [1.807, 2.05) is 31.2 Å². The van der Waals surface area contributed by atoms with Crippen LogP contribution in [0, 0.1) is 0 Å². The predicted octanol–water partition coefficient (Wildman–Crippen LogP) is 2.42. The Morgan fingerprint density at radius 3 is 2.65 bits per heavy atom. The summed E-state index contributed by atoms with van der Waals surface area (Å²) >= 11 is 2.96. The van der Waals surface area contributed by atoms with E-state index in [1.165, 1.54) is 11.8 Å². The van der Waals surface area contributed by atoms with Gasteiger partial charge in [0, 0.05) is 31.9 Å². The summed E-state index contributed by atoms with van der Waals surface area (Å²) in [5, 5.41) is 12.3. The second-order valence-electron chi connectivity index (χ2n) is 5.94. The van der Waals surface area contributed by atoms with E-state index in [4.69, 9.17) is 4.74 Å². The van der Waals surface area contributed by atoms with E-state index in [2.05, 4.69) is 32.4 Å². The van der Waals surface area contributed by atoms with E-state index in [-0.39, 0.29) is 5.91 Å². The SMILES string of the molecule is CCOc1ccc(NC(=O)CSc2nnc(N3CCN(C)CC3)s2)cc1. The highest BCUT2D eigenvalue weighted by molar-refractivity contribution is 8.01. The summed E-state index contributed by atoms with van der Waals surface area (Å²) in [5.74, 6) is 1.05. The van der Waals surface area contributed by atoms with E-state index in [0.717, 1.165) is 47.1 Å². The Hall–Kier alpha value is -1.84. The van der Waals surface area contributed by atoms with Gasteiger partial charge in [-0.15, -0.1) is 10.2 Å². The number of anilines is 2. The molecule has 0 aliphatic carbocycles. The molecule has 1 aromatic heterocycles. The van der Waals surface area contributed by atoms with Crippen LogP contribution in [0.25, 0.3) is 0 Å². The molecule has 0 unspecified atom stereocenters. The Bertz CT molecular complexity index is 714. The van der Waals surface area contributed by atoms with Gasteiger partial charge in [0.1, 0.15) is 5.75 Å². The third kappa shape index (κ3) is 5.33. The van der Waals surface area contributed by atoms with E-state index in [1.54, 1.807) is 11.3 Å². The summed E-state index contributed by atoms with van der Waals surface area (Å²) in [6.07, 6.45) is 0. The van der Waals surface area contributed by atoms with Crippen LogP contribution in [0.3, 0.4) is 0 Å². The summed E-state index contributed by atoms with van der Waals surface area (Å²) in [5.41, 5.74) is 0.759. The molecule has 9 heteroatoms. The molecule has 0 bridgehead atoms. The van der Waals surface area contributed by atoms with Gasteiger partial charge in [-0.25, -0.2) is 0 Å². The van der Waals surface area contributed by atoms with Crippen LogP contribution in [0.15, 0.2) is 28.6 Å². The summed E-state index contributed by atoms with van der Waals surface area (Å²) < 4.78 is 6.21. The minimum absolute atomic E-state index is 0.0597. The molecule has 7 nitrogen and oxygen atoms in total. The second-order valence-corrected chi connectivity index (χ2v) is 8.11. The molecule has 1 N–H and O–H groups in total. The highest BCUT2D eigenvalue weighted by atomic mass is 32.2. The number of ether oxygens (including phenoxy) is 1. The molecular formula is C17H23N5O2S2. The number of nitrogens with one attached hydrogen (secondary N) is 1. The lowest BCUT2D eigenvalue weighted by Crippen LogP contribution is -2.44. The van der Waals surface area contributed by atoms with Crippen LogP contribution in [0.2, 0.25) is 0 Å². The quantitative estimate of drug-likeness (QED) is 0.725. The van der Waals surface area contributed by atoms with Crippen molar-refractivity contribution in [1.82, 2.24) is 15.1 Å². The first kappa shape index (κ1) is 18.9. The Labute approximate surface area is 161 Å². The van der Waals surface area contributed by atoms with Crippen LogP contribution in [-0.2, 0) is 4.79 Å². The number of nitrogens with zero attached hydrogens (tertiary/aromatic N) is 4. The van der Waals surface area contributed by atoms with Gasteiger partial charge in [-0.1, -0.05) is 23.1 Å². The van der Waals surface area contributed by atoms with E-state index < -0.39 is 0 Å². The number of carbonyl (C=O) groups excluding carboxylic acids is 1. The highest BCUT2D eigenvalue weighted by Gasteiger charge is 2.18. The minimum atomic E-state index is -0.0597. The summed E-state index contributed by atoms with van der Waals surface area (Å²) in [7, 11) is 2.13. The number of hydrogen-bond acceptors (Lipinski definition) is 8. The van der Waals surface area contributed by atoms with Gasteiger partial charge in [0.25, 0.3) is 0 Å². The zero-order chi connectivity index (χ0) is 18.4. The van der Waals surface area contributed by atoms with Gasteiger partial charge in [-0.3, -0.25) is 4.79 Å². The van der Waals surface area contributed by atoms with Gasteiger partial charge < -0.3 is 19.9 Å². The van der Waals surface area contributed by atoms with Crippen molar-refractivity contribution in [2.24, 2.45) is 0 Å². The third-order valence-electron chi connectivity index (χ3n) is 3.95. The van der Waals surface area contributed by atoms with Crippen molar-refractivity contribution in [1.29, 1.82) is 0 Å². The van der Waals surface area contributed by atoms with Crippen LogP contribution in [0.4, 0.5) is 10.8 Å². The molecule has 0 atom stereocenters. The van der Waals surface area contributed by atoms with E-state index in [9.17, 15) is 4.79 Å². The number of hydrogen-bond donors (Lipinski definition) is 1. The third-order valence-corrected chi connectivity index (χ3v) is 6.06. The summed E-state index contributed by atoms with van der Waals surface area (Å²) in [6, 6.07) is 7.37. The Morgan fingerprint density at radius 1 is 1.23 bits per heavy atom. The minimum Gasteiger partial charge on any atom is -0.494 e. The highest BCUT2D eigenvalue weighted by Crippen LogP contribution is 2.28. The van der Waals surface area contributed by atoms with Gasteiger partial charge in [0.2, 0.25) is 11.0 Å². The van der Waals surface area contributed by atoms with Gasteiger partial charge in [-0.2, -0.15) is 0 Å². The zero-order valence-electron chi connectivity index (χ0n) is 15.0. The first-order valence-corrected chi connectivity index (χ1v) is 10.4. The molecule has 1 saturated heterocycles. The number of aromatic nitrogens is 2. The molecule has 26 heavy (non-hydrogen) atoms. The van der Waals surface area contributed by atoms with E-state index in [0.29, 0.717) is 12.4 Å². The molecule has 1 aromatic carbocycles. The molecule has 1 fully saturated rings. The topological polar surface area (TPSA) is 70.6 Å². The molecule has 1 aliphatic rings. The first-order chi connectivity index (χ1) is 12.6. The van der Waals surface area contributed by atoms with Gasteiger partial charge in [0.15, 0.2) is 4.34 Å². The molecule has 140 valence electrons. The van der Waals surface area contributed by atoms with Crippen LogP contribution < -0.4 is 15.0 Å². The van der Waals surface area contributed by atoms with Crippen LogP contribution in [0.5, 0.6) is 5.75 Å². The largest absolute Gasteiger partial charge is 0.494 e. The molecule has 1 aliphatic heterocycles. The van der Waals surface area contributed by atoms with Crippen molar-refractivity contribution < 1.29 is 9.53 Å². The fourth-order valence-corrected chi connectivity index (χ4v) is 4.20. The van der Waals surface area contributed by atoms with Crippen molar-refractivity contribution in [3.63, 3.8) is 0 Å².